The van der Waals surface area contributed by atoms with E-state index in [1.165, 1.54) is 12.1 Å². The number of nitro benzene ring substituents is 1. The number of rotatable bonds is 4. The largest absolute Gasteiger partial charge is 0.325 e. The Hall–Kier alpha value is -1.91. The highest BCUT2D eigenvalue weighted by Crippen LogP contribution is 2.22. The van der Waals surface area contributed by atoms with Crippen molar-refractivity contribution in [3.05, 3.63) is 33.9 Å². The van der Waals surface area contributed by atoms with Gasteiger partial charge in [-0.05, 0) is 18.9 Å². The van der Waals surface area contributed by atoms with Crippen molar-refractivity contribution in [2.45, 2.75) is 27.2 Å². The van der Waals surface area contributed by atoms with Gasteiger partial charge in [-0.1, -0.05) is 19.9 Å². The molecule has 0 fully saturated rings. The number of hydrogen-bond donors (Lipinski definition) is 1. The minimum absolute atomic E-state index is 0.0185. The van der Waals surface area contributed by atoms with Crippen LogP contribution in [0.1, 0.15) is 25.8 Å². The molecule has 1 aromatic carbocycles. The summed E-state index contributed by atoms with van der Waals surface area (Å²) < 4.78 is 0. The highest BCUT2D eigenvalue weighted by atomic mass is 16.6. The SMILES string of the molecule is CC[C@H](C)C(=O)Nc1cc([N+](=O)[O-])ccc1C. The summed E-state index contributed by atoms with van der Waals surface area (Å²) in [7, 11) is 0. The Bertz CT molecular complexity index is 443. The summed E-state index contributed by atoms with van der Waals surface area (Å²) in [5.41, 5.74) is 1.30. The van der Waals surface area contributed by atoms with Gasteiger partial charge in [0.1, 0.15) is 0 Å². The number of non-ortho nitro benzene ring substituents is 1. The van der Waals surface area contributed by atoms with E-state index >= 15 is 0 Å². The lowest BCUT2D eigenvalue weighted by Gasteiger charge is -2.11. The molecule has 17 heavy (non-hydrogen) atoms. The van der Waals surface area contributed by atoms with Gasteiger partial charge >= 0.3 is 0 Å². The Balaban J connectivity index is 2.94. The van der Waals surface area contributed by atoms with Crippen molar-refractivity contribution in [3.63, 3.8) is 0 Å². The molecule has 0 heterocycles. The average Bonchev–Trinajstić information content (AvgIpc) is 2.30. The number of carbonyl (C=O) groups excluding carboxylic acids is 1. The van der Waals surface area contributed by atoms with E-state index < -0.39 is 4.92 Å². The maximum atomic E-state index is 11.7. The van der Waals surface area contributed by atoms with Crippen LogP contribution in [0.5, 0.6) is 0 Å². The zero-order valence-electron chi connectivity index (χ0n) is 10.2. The summed E-state index contributed by atoms with van der Waals surface area (Å²) in [6.45, 7) is 5.54. The van der Waals surface area contributed by atoms with E-state index in [0.717, 1.165) is 12.0 Å². The third kappa shape index (κ3) is 3.27. The molecule has 0 aliphatic carbocycles. The number of carbonyl (C=O) groups is 1. The lowest BCUT2D eigenvalue weighted by molar-refractivity contribution is -0.384. The zero-order valence-corrected chi connectivity index (χ0v) is 10.2. The molecular formula is C12H16N2O3. The standard InChI is InChI=1S/C12H16N2O3/c1-4-8(2)12(15)13-11-7-10(14(16)17)6-5-9(11)3/h5-8H,4H2,1-3H3,(H,13,15)/t8-/m0/s1. The topological polar surface area (TPSA) is 72.2 Å². The van der Waals surface area contributed by atoms with Gasteiger partial charge in [0, 0.05) is 18.1 Å². The second-order valence-corrected chi connectivity index (χ2v) is 4.05. The van der Waals surface area contributed by atoms with Gasteiger partial charge in [0.25, 0.3) is 5.69 Å². The van der Waals surface area contributed by atoms with Crippen LogP contribution in [-0.4, -0.2) is 10.8 Å². The van der Waals surface area contributed by atoms with Crippen molar-refractivity contribution in [2.24, 2.45) is 5.92 Å². The van der Waals surface area contributed by atoms with Crippen molar-refractivity contribution in [1.82, 2.24) is 0 Å². The second kappa shape index (κ2) is 5.43. The van der Waals surface area contributed by atoms with Gasteiger partial charge in [-0.15, -0.1) is 0 Å². The molecule has 0 aliphatic rings. The average molecular weight is 236 g/mol. The molecule has 0 saturated heterocycles. The number of aryl methyl sites for hydroxylation is 1. The lowest BCUT2D eigenvalue weighted by atomic mass is 10.1. The Morgan fingerprint density at radius 3 is 2.71 bits per heavy atom. The van der Waals surface area contributed by atoms with E-state index in [2.05, 4.69) is 5.32 Å². The van der Waals surface area contributed by atoms with E-state index in [1.54, 1.807) is 13.0 Å². The number of nitrogens with one attached hydrogen (secondary N) is 1. The maximum absolute atomic E-state index is 11.7. The molecule has 1 rings (SSSR count). The van der Waals surface area contributed by atoms with Crippen LogP contribution < -0.4 is 5.32 Å². The molecule has 0 saturated carbocycles. The fourth-order valence-corrected chi connectivity index (χ4v) is 1.30. The molecule has 0 unspecified atom stereocenters. The minimum atomic E-state index is -0.474. The van der Waals surface area contributed by atoms with E-state index in [-0.39, 0.29) is 17.5 Å². The molecule has 0 aliphatic heterocycles. The fourth-order valence-electron chi connectivity index (χ4n) is 1.30. The molecule has 0 spiro atoms. The van der Waals surface area contributed by atoms with E-state index in [0.29, 0.717) is 5.69 Å². The van der Waals surface area contributed by atoms with Gasteiger partial charge in [-0.3, -0.25) is 14.9 Å². The number of hydrogen-bond acceptors (Lipinski definition) is 3. The van der Waals surface area contributed by atoms with Crippen molar-refractivity contribution >= 4 is 17.3 Å². The Morgan fingerprint density at radius 1 is 1.53 bits per heavy atom. The van der Waals surface area contributed by atoms with Gasteiger partial charge in [0.2, 0.25) is 5.91 Å². The summed E-state index contributed by atoms with van der Waals surface area (Å²) >= 11 is 0. The quantitative estimate of drug-likeness (QED) is 0.645. The van der Waals surface area contributed by atoms with Gasteiger partial charge in [0.15, 0.2) is 0 Å². The lowest BCUT2D eigenvalue weighted by Crippen LogP contribution is -2.20. The summed E-state index contributed by atoms with van der Waals surface area (Å²) in [4.78, 5) is 21.9. The van der Waals surface area contributed by atoms with Crippen molar-refractivity contribution in [2.75, 3.05) is 5.32 Å². The third-order valence-corrected chi connectivity index (χ3v) is 2.75. The minimum Gasteiger partial charge on any atom is -0.325 e. The summed E-state index contributed by atoms with van der Waals surface area (Å²) in [5, 5.41) is 13.3. The van der Waals surface area contributed by atoms with Gasteiger partial charge < -0.3 is 5.32 Å². The van der Waals surface area contributed by atoms with E-state index in [4.69, 9.17) is 0 Å². The van der Waals surface area contributed by atoms with E-state index in [9.17, 15) is 14.9 Å². The normalized spacial score (nSPS) is 11.9. The van der Waals surface area contributed by atoms with Crippen molar-refractivity contribution in [3.8, 4) is 0 Å². The summed E-state index contributed by atoms with van der Waals surface area (Å²) in [6, 6.07) is 4.44. The Morgan fingerprint density at radius 2 is 2.18 bits per heavy atom. The number of anilines is 1. The number of nitro groups is 1. The van der Waals surface area contributed by atoms with Gasteiger partial charge in [-0.25, -0.2) is 0 Å². The molecular weight excluding hydrogens is 220 g/mol. The number of amides is 1. The van der Waals surface area contributed by atoms with Crippen LogP contribution in [0.3, 0.4) is 0 Å². The van der Waals surface area contributed by atoms with Crippen LogP contribution in [-0.2, 0) is 4.79 Å². The molecule has 1 amide bonds. The first-order valence-electron chi connectivity index (χ1n) is 5.51. The smallest absolute Gasteiger partial charge is 0.271 e. The molecule has 5 nitrogen and oxygen atoms in total. The Kier molecular flexibility index (Phi) is 4.20. The van der Waals surface area contributed by atoms with Gasteiger partial charge in [0.05, 0.1) is 10.6 Å². The monoisotopic (exact) mass is 236 g/mol. The molecule has 92 valence electrons. The highest BCUT2D eigenvalue weighted by Gasteiger charge is 2.14. The molecule has 5 heteroatoms. The van der Waals surface area contributed by atoms with Crippen LogP contribution in [0.4, 0.5) is 11.4 Å². The van der Waals surface area contributed by atoms with Crippen LogP contribution in [0, 0.1) is 23.0 Å². The summed E-state index contributed by atoms with van der Waals surface area (Å²) in [6.07, 6.45) is 0.736. The number of nitrogens with zero attached hydrogens (tertiary/aromatic N) is 1. The Labute approximate surface area is 100.0 Å². The number of benzene rings is 1. The van der Waals surface area contributed by atoms with Crippen LogP contribution in [0.25, 0.3) is 0 Å². The summed E-state index contributed by atoms with van der Waals surface area (Å²) in [5.74, 6) is -0.218. The predicted octanol–water partition coefficient (Wildman–Crippen LogP) is 2.89. The molecule has 1 aromatic rings. The van der Waals surface area contributed by atoms with Crippen molar-refractivity contribution in [1.29, 1.82) is 0 Å². The van der Waals surface area contributed by atoms with E-state index in [1.807, 2.05) is 13.8 Å². The maximum Gasteiger partial charge on any atom is 0.271 e. The first kappa shape index (κ1) is 13.2. The fraction of sp³-hybridized carbons (Fsp3) is 0.417. The third-order valence-electron chi connectivity index (χ3n) is 2.75. The zero-order chi connectivity index (χ0) is 13.0. The highest BCUT2D eigenvalue weighted by molar-refractivity contribution is 5.93. The molecule has 1 N–H and O–H groups in total. The molecule has 0 radical (unpaired) electrons. The predicted molar refractivity (Wildman–Crippen MR) is 65.9 cm³/mol. The van der Waals surface area contributed by atoms with Crippen molar-refractivity contribution < 1.29 is 9.72 Å². The van der Waals surface area contributed by atoms with Gasteiger partial charge in [-0.2, -0.15) is 0 Å². The second-order valence-electron chi connectivity index (χ2n) is 4.05. The van der Waals surface area contributed by atoms with Crippen LogP contribution in [0.2, 0.25) is 0 Å². The van der Waals surface area contributed by atoms with Crippen LogP contribution >= 0.6 is 0 Å². The first-order chi connectivity index (χ1) is 7.95. The molecule has 0 bridgehead atoms. The van der Waals surface area contributed by atoms with Crippen LogP contribution in [0.15, 0.2) is 18.2 Å². The first-order valence-corrected chi connectivity index (χ1v) is 5.51. The molecule has 0 aromatic heterocycles. The molecule has 1 atom stereocenters.